The predicted octanol–water partition coefficient (Wildman–Crippen LogP) is 4.74. The zero-order valence-corrected chi connectivity index (χ0v) is 16.0. The molecule has 0 fully saturated rings. The lowest BCUT2D eigenvalue weighted by molar-refractivity contribution is 0.102. The minimum Gasteiger partial charge on any atom is -0.322 e. The van der Waals surface area contributed by atoms with Crippen molar-refractivity contribution in [1.82, 2.24) is 9.78 Å². The molecule has 0 saturated heterocycles. The number of hydrogen-bond donors (Lipinski definition) is 1. The fourth-order valence-electron chi connectivity index (χ4n) is 2.67. The minimum atomic E-state index is -0.305. The zero-order valence-electron chi connectivity index (χ0n) is 13.9. The Morgan fingerprint density at radius 2 is 1.96 bits per heavy atom. The third-order valence-electron chi connectivity index (χ3n) is 3.96. The van der Waals surface area contributed by atoms with Gasteiger partial charge in [0.1, 0.15) is 5.82 Å². The highest BCUT2D eigenvalue weighted by molar-refractivity contribution is 14.1. The average molecular weight is 449 g/mol. The second kappa shape index (κ2) is 7.35. The van der Waals surface area contributed by atoms with E-state index >= 15 is 0 Å². The largest absolute Gasteiger partial charge is 0.322 e. The Kier molecular flexibility index (Phi) is 5.17. The van der Waals surface area contributed by atoms with Gasteiger partial charge in [-0.1, -0.05) is 6.92 Å². The van der Waals surface area contributed by atoms with Crippen molar-refractivity contribution in [2.24, 2.45) is 0 Å². The number of carbonyl (C=O) groups excluding carboxylic acids is 1. The van der Waals surface area contributed by atoms with Gasteiger partial charge >= 0.3 is 0 Å². The molecule has 1 aromatic heterocycles. The molecule has 1 amide bonds. The molecule has 0 radical (unpaired) electrons. The van der Waals surface area contributed by atoms with Gasteiger partial charge in [-0.3, -0.25) is 4.79 Å². The molecular weight excluding hydrogens is 432 g/mol. The van der Waals surface area contributed by atoms with Crippen molar-refractivity contribution >= 4 is 34.2 Å². The number of carbonyl (C=O) groups is 1. The monoisotopic (exact) mass is 449 g/mol. The summed E-state index contributed by atoms with van der Waals surface area (Å²) in [5.74, 6) is -0.504. The first-order chi connectivity index (χ1) is 12.0. The molecule has 3 rings (SSSR count). The van der Waals surface area contributed by atoms with Crippen molar-refractivity contribution in [2.75, 3.05) is 5.32 Å². The molecule has 3 aromatic rings. The average Bonchev–Trinajstić information content (AvgIpc) is 3.02. The number of halogens is 2. The molecule has 1 N–H and O–H groups in total. The Balaban J connectivity index is 1.92. The second-order valence-corrected chi connectivity index (χ2v) is 6.91. The highest BCUT2D eigenvalue weighted by atomic mass is 127. The fourth-order valence-corrected chi connectivity index (χ4v) is 3.31. The van der Waals surface area contributed by atoms with Crippen molar-refractivity contribution in [2.45, 2.75) is 20.3 Å². The highest BCUT2D eigenvalue weighted by Crippen LogP contribution is 2.21. The predicted molar refractivity (Wildman–Crippen MR) is 105 cm³/mol. The number of nitrogens with one attached hydrogen (secondary N) is 1. The third-order valence-corrected chi connectivity index (χ3v) is 4.63. The summed E-state index contributed by atoms with van der Waals surface area (Å²) in [5.41, 5.74) is 3.81. The summed E-state index contributed by atoms with van der Waals surface area (Å²) in [6, 6.07) is 11.9. The van der Waals surface area contributed by atoms with Crippen LogP contribution >= 0.6 is 22.6 Å². The van der Waals surface area contributed by atoms with Gasteiger partial charge < -0.3 is 5.32 Å². The van der Waals surface area contributed by atoms with Crippen LogP contribution in [0.2, 0.25) is 0 Å². The van der Waals surface area contributed by atoms with E-state index in [1.54, 1.807) is 23.0 Å². The van der Waals surface area contributed by atoms with E-state index in [4.69, 9.17) is 0 Å². The molecule has 6 heteroatoms. The van der Waals surface area contributed by atoms with Gasteiger partial charge in [0, 0.05) is 9.26 Å². The van der Waals surface area contributed by atoms with Crippen LogP contribution in [-0.4, -0.2) is 15.7 Å². The van der Waals surface area contributed by atoms with Crippen LogP contribution in [0.5, 0.6) is 0 Å². The van der Waals surface area contributed by atoms with Gasteiger partial charge in [-0.15, -0.1) is 0 Å². The zero-order chi connectivity index (χ0) is 18.0. The van der Waals surface area contributed by atoms with Gasteiger partial charge in [0.05, 0.1) is 23.1 Å². The summed E-state index contributed by atoms with van der Waals surface area (Å²) in [4.78, 5) is 12.7. The molecule has 0 aliphatic carbocycles. The molecule has 0 aliphatic rings. The summed E-state index contributed by atoms with van der Waals surface area (Å²) < 4.78 is 15.9. The number of aryl methyl sites for hydroxylation is 1. The lowest BCUT2D eigenvalue weighted by atomic mass is 10.1. The maximum Gasteiger partial charge on any atom is 0.259 e. The Bertz CT molecular complexity index is 919. The molecule has 128 valence electrons. The van der Waals surface area contributed by atoms with Gasteiger partial charge in [-0.05, 0) is 84.0 Å². The number of anilines is 1. The van der Waals surface area contributed by atoms with E-state index in [1.165, 1.54) is 12.1 Å². The van der Waals surface area contributed by atoms with Crippen molar-refractivity contribution in [3.05, 3.63) is 74.9 Å². The van der Waals surface area contributed by atoms with Crippen LogP contribution in [0.4, 0.5) is 10.1 Å². The summed E-state index contributed by atoms with van der Waals surface area (Å²) in [6.07, 6.45) is 2.19. The first kappa shape index (κ1) is 17.6. The van der Waals surface area contributed by atoms with Gasteiger partial charge in [0.15, 0.2) is 0 Å². The standard InChI is InChI=1S/C19H17FIN3O/c1-3-18-16(11-22-24(18)15-7-4-13(20)5-8-15)19(25)23-17-9-6-14(21)10-12(17)2/h4-11H,3H2,1-2H3,(H,23,25). The highest BCUT2D eigenvalue weighted by Gasteiger charge is 2.18. The number of nitrogens with zero attached hydrogens (tertiary/aromatic N) is 2. The topological polar surface area (TPSA) is 46.9 Å². The molecular formula is C19H17FIN3O. The SMILES string of the molecule is CCc1c(C(=O)Nc2ccc(I)cc2C)cnn1-c1ccc(F)cc1. The van der Waals surface area contributed by atoms with E-state index in [9.17, 15) is 9.18 Å². The molecule has 1 heterocycles. The number of hydrogen-bond acceptors (Lipinski definition) is 2. The maximum atomic E-state index is 13.1. The summed E-state index contributed by atoms with van der Waals surface area (Å²) in [5, 5.41) is 7.27. The lowest BCUT2D eigenvalue weighted by Crippen LogP contribution is -2.15. The van der Waals surface area contributed by atoms with Crippen LogP contribution in [0.25, 0.3) is 5.69 Å². The molecule has 0 atom stereocenters. The Morgan fingerprint density at radius 3 is 2.60 bits per heavy atom. The van der Waals surface area contributed by atoms with Crippen molar-refractivity contribution < 1.29 is 9.18 Å². The molecule has 0 unspecified atom stereocenters. The maximum absolute atomic E-state index is 13.1. The van der Waals surface area contributed by atoms with E-state index in [0.29, 0.717) is 12.0 Å². The van der Waals surface area contributed by atoms with Gasteiger partial charge in [0.2, 0.25) is 0 Å². The van der Waals surface area contributed by atoms with Gasteiger partial charge in [-0.2, -0.15) is 5.10 Å². The van der Waals surface area contributed by atoms with Crippen LogP contribution in [0, 0.1) is 16.3 Å². The molecule has 0 spiro atoms. The first-order valence-electron chi connectivity index (χ1n) is 7.90. The minimum absolute atomic E-state index is 0.200. The van der Waals surface area contributed by atoms with Crippen LogP contribution in [0.15, 0.2) is 48.7 Å². The van der Waals surface area contributed by atoms with E-state index in [-0.39, 0.29) is 11.7 Å². The molecule has 2 aromatic carbocycles. The first-order valence-corrected chi connectivity index (χ1v) is 8.97. The molecule has 0 saturated carbocycles. The molecule has 25 heavy (non-hydrogen) atoms. The van der Waals surface area contributed by atoms with Crippen molar-refractivity contribution in [3.63, 3.8) is 0 Å². The smallest absolute Gasteiger partial charge is 0.259 e. The lowest BCUT2D eigenvalue weighted by Gasteiger charge is -2.10. The van der Waals surface area contributed by atoms with E-state index in [1.807, 2.05) is 32.0 Å². The molecule has 0 aliphatic heterocycles. The number of rotatable bonds is 4. The normalized spacial score (nSPS) is 10.7. The third kappa shape index (κ3) is 3.73. The Hall–Kier alpha value is -2.22. The Morgan fingerprint density at radius 1 is 1.24 bits per heavy atom. The van der Waals surface area contributed by atoms with Gasteiger partial charge in [0.25, 0.3) is 5.91 Å². The summed E-state index contributed by atoms with van der Waals surface area (Å²) in [6.45, 7) is 3.92. The van der Waals surface area contributed by atoms with Crippen LogP contribution in [0.3, 0.4) is 0 Å². The van der Waals surface area contributed by atoms with Crippen molar-refractivity contribution in [3.8, 4) is 5.69 Å². The van der Waals surface area contributed by atoms with E-state index < -0.39 is 0 Å². The van der Waals surface area contributed by atoms with Crippen LogP contribution in [-0.2, 0) is 6.42 Å². The fraction of sp³-hybridized carbons (Fsp3) is 0.158. The number of amides is 1. The van der Waals surface area contributed by atoms with Gasteiger partial charge in [-0.25, -0.2) is 9.07 Å². The van der Waals surface area contributed by atoms with Crippen LogP contribution < -0.4 is 5.32 Å². The Labute approximate surface area is 159 Å². The summed E-state index contributed by atoms with van der Waals surface area (Å²) >= 11 is 2.24. The molecule has 0 bridgehead atoms. The number of aromatic nitrogens is 2. The number of benzene rings is 2. The second-order valence-electron chi connectivity index (χ2n) is 5.66. The van der Waals surface area contributed by atoms with E-state index in [0.717, 1.165) is 26.2 Å². The van der Waals surface area contributed by atoms with Crippen molar-refractivity contribution in [1.29, 1.82) is 0 Å². The summed E-state index contributed by atoms with van der Waals surface area (Å²) in [7, 11) is 0. The molecule has 4 nitrogen and oxygen atoms in total. The van der Waals surface area contributed by atoms with E-state index in [2.05, 4.69) is 33.0 Å². The van der Waals surface area contributed by atoms with Crippen LogP contribution in [0.1, 0.15) is 28.5 Å². The quantitative estimate of drug-likeness (QED) is 0.586.